The molecule has 0 bridgehead atoms. The van der Waals surface area contributed by atoms with Crippen LogP contribution in [0.15, 0.2) is 0 Å². The van der Waals surface area contributed by atoms with Crippen molar-refractivity contribution in [1.82, 2.24) is 9.44 Å². The zero-order chi connectivity index (χ0) is 12.4. The molecule has 0 aromatic heterocycles. The predicted molar refractivity (Wildman–Crippen MR) is 68.3 cm³/mol. The number of nitrogens with one attached hydrogen (secondary N) is 2. The summed E-state index contributed by atoms with van der Waals surface area (Å²) in [7, 11) is -3.54. The molecule has 0 saturated heterocycles. The summed E-state index contributed by atoms with van der Waals surface area (Å²) < 4.78 is 28.6. The topological polar surface area (TPSA) is 84.2 Å². The third kappa shape index (κ3) is 3.38. The van der Waals surface area contributed by atoms with E-state index in [4.69, 9.17) is 18.0 Å². The Balaban J connectivity index is 2.81. The molecule has 1 rings (SSSR count). The summed E-state index contributed by atoms with van der Waals surface area (Å²) in [6.45, 7) is 3.53. The monoisotopic (exact) mass is 265 g/mol. The highest BCUT2D eigenvalue weighted by Crippen LogP contribution is 2.30. The van der Waals surface area contributed by atoms with Gasteiger partial charge in [0.05, 0.1) is 10.5 Å². The van der Waals surface area contributed by atoms with Crippen LogP contribution in [-0.2, 0) is 10.2 Å². The Labute approximate surface area is 102 Å². The van der Waals surface area contributed by atoms with Crippen molar-refractivity contribution in [3.8, 4) is 0 Å². The Morgan fingerprint density at radius 1 is 1.38 bits per heavy atom. The average molecular weight is 265 g/mol. The van der Waals surface area contributed by atoms with E-state index in [1.54, 1.807) is 13.8 Å². The molecule has 0 spiro atoms. The van der Waals surface area contributed by atoms with E-state index in [0.29, 0.717) is 12.8 Å². The Morgan fingerprint density at radius 3 is 2.25 bits per heavy atom. The summed E-state index contributed by atoms with van der Waals surface area (Å²) in [4.78, 5) is 0.235. The standard InChI is InChI=1S/C9H19N3O2S2/c1-7(2)11-16(13,14)12-9(8(10)15)5-3-4-6-9/h7,11-12H,3-6H2,1-2H3,(H2,10,15). The molecule has 7 heteroatoms. The molecular formula is C9H19N3O2S2. The molecule has 4 N–H and O–H groups in total. The molecule has 0 unspecified atom stereocenters. The molecule has 0 amide bonds. The van der Waals surface area contributed by atoms with Crippen LogP contribution in [0, 0.1) is 0 Å². The third-order valence-corrected chi connectivity index (χ3v) is 4.48. The van der Waals surface area contributed by atoms with Gasteiger partial charge in [-0.05, 0) is 26.7 Å². The fourth-order valence-electron chi connectivity index (χ4n) is 1.97. The van der Waals surface area contributed by atoms with Gasteiger partial charge in [0.15, 0.2) is 0 Å². The summed E-state index contributed by atoms with van der Waals surface area (Å²) in [5.74, 6) is 0. The molecule has 0 radical (unpaired) electrons. The van der Waals surface area contributed by atoms with Crippen molar-refractivity contribution in [3.63, 3.8) is 0 Å². The van der Waals surface area contributed by atoms with E-state index in [1.807, 2.05) is 0 Å². The first-order valence-corrected chi connectivity index (χ1v) is 7.28. The molecule has 0 aliphatic heterocycles. The van der Waals surface area contributed by atoms with Crippen LogP contribution in [0.2, 0.25) is 0 Å². The zero-order valence-electron chi connectivity index (χ0n) is 9.62. The van der Waals surface area contributed by atoms with Gasteiger partial charge in [-0.3, -0.25) is 0 Å². The lowest BCUT2D eigenvalue weighted by atomic mass is 10.00. The van der Waals surface area contributed by atoms with Crippen LogP contribution in [0.25, 0.3) is 0 Å². The van der Waals surface area contributed by atoms with Gasteiger partial charge in [0.2, 0.25) is 0 Å². The van der Waals surface area contributed by atoms with Crippen molar-refractivity contribution in [2.24, 2.45) is 5.73 Å². The van der Waals surface area contributed by atoms with E-state index in [1.165, 1.54) is 0 Å². The summed E-state index contributed by atoms with van der Waals surface area (Å²) in [5, 5.41) is 0. The first-order valence-electron chi connectivity index (χ1n) is 5.38. The maximum atomic E-state index is 11.8. The summed E-state index contributed by atoms with van der Waals surface area (Å²) in [5.41, 5.74) is 4.92. The van der Waals surface area contributed by atoms with Gasteiger partial charge in [-0.25, -0.2) is 0 Å². The second-order valence-electron chi connectivity index (χ2n) is 4.53. The fraction of sp³-hybridized carbons (Fsp3) is 0.889. The van der Waals surface area contributed by atoms with Gasteiger partial charge < -0.3 is 5.73 Å². The Morgan fingerprint density at radius 2 is 1.88 bits per heavy atom. The van der Waals surface area contributed by atoms with Gasteiger partial charge in [0.25, 0.3) is 10.2 Å². The van der Waals surface area contributed by atoms with E-state index in [0.717, 1.165) is 12.8 Å². The summed E-state index contributed by atoms with van der Waals surface area (Å²) in [6.07, 6.45) is 3.26. The van der Waals surface area contributed by atoms with E-state index < -0.39 is 15.7 Å². The molecule has 1 fully saturated rings. The quantitative estimate of drug-likeness (QED) is 0.629. The van der Waals surface area contributed by atoms with Gasteiger partial charge in [-0.15, -0.1) is 0 Å². The lowest BCUT2D eigenvalue weighted by Crippen LogP contribution is -2.58. The molecule has 1 saturated carbocycles. The van der Waals surface area contributed by atoms with E-state index in [-0.39, 0.29) is 11.0 Å². The summed E-state index contributed by atoms with van der Waals surface area (Å²) in [6, 6.07) is -0.151. The second kappa shape index (κ2) is 4.95. The van der Waals surface area contributed by atoms with E-state index in [9.17, 15) is 8.42 Å². The van der Waals surface area contributed by atoms with Gasteiger partial charge in [-0.1, -0.05) is 25.1 Å². The average Bonchev–Trinajstić information content (AvgIpc) is 2.50. The molecule has 94 valence electrons. The van der Waals surface area contributed by atoms with E-state index in [2.05, 4.69) is 9.44 Å². The number of thiocarbonyl (C=S) groups is 1. The van der Waals surface area contributed by atoms with Gasteiger partial charge in [0, 0.05) is 6.04 Å². The van der Waals surface area contributed by atoms with Crippen LogP contribution < -0.4 is 15.2 Å². The second-order valence-corrected chi connectivity index (χ2v) is 6.42. The maximum Gasteiger partial charge on any atom is 0.278 e. The van der Waals surface area contributed by atoms with Crippen molar-refractivity contribution < 1.29 is 8.42 Å². The molecule has 1 aliphatic rings. The van der Waals surface area contributed by atoms with Crippen molar-refractivity contribution in [2.45, 2.75) is 51.1 Å². The SMILES string of the molecule is CC(C)NS(=O)(=O)NC1(C(N)=S)CCCC1. The van der Waals surface area contributed by atoms with Gasteiger partial charge in [0.1, 0.15) is 0 Å². The van der Waals surface area contributed by atoms with Crippen LogP contribution in [0.1, 0.15) is 39.5 Å². The fourth-order valence-corrected chi connectivity index (χ4v) is 3.80. The smallest absolute Gasteiger partial charge is 0.278 e. The lowest BCUT2D eigenvalue weighted by Gasteiger charge is -2.29. The minimum Gasteiger partial charge on any atom is -0.392 e. The van der Waals surface area contributed by atoms with Crippen molar-refractivity contribution >= 4 is 27.4 Å². The molecule has 1 aliphatic carbocycles. The first-order chi connectivity index (χ1) is 7.27. The normalized spacial score (nSPS) is 20.2. The van der Waals surface area contributed by atoms with E-state index >= 15 is 0 Å². The van der Waals surface area contributed by atoms with Gasteiger partial charge in [-0.2, -0.15) is 17.9 Å². The molecule has 5 nitrogen and oxygen atoms in total. The Bertz CT molecular complexity index is 359. The highest BCUT2D eigenvalue weighted by Gasteiger charge is 2.40. The minimum atomic E-state index is -3.54. The van der Waals surface area contributed by atoms with Crippen molar-refractivity contribution in [2.75, 3.05) is 0 Å². The van der Waals surface area contributed by atoms with Crippen molar-refractivity contribution in [1.29, 1.82) is 0 Å². The van der Waals surface area contributed by atoms with Crippen LogP contribution in [0.5, 0.6) is 0 Å². The number of hydrogen-bond donors (Lipinski definition) is 3. The number of rotatable bonds is 5. The van der Waals surface area contributed by atoms with Gasteiger partial charge >= 0.3 is 0 Å². The maximum absolute atomic E-state index is 11.8. The zero-order valence-corrected chi connectivity index (χ0v) is 11.2. The summed E-state index contributed by atoms with van der Waals surface area (Å²) >= 11 is 4.97. The van der Waals surface area contributed by atoms with Crippen LogP contribution in [0.4, 0.5) is 0 Å². The molecule has 0 heterocycles. The largest absolute Gasteiger partial charge is 0.392 e. The highest BCUT2D eigenvalue weighted by molar-refractivity contribution is 7.87. The lowest BCUT2D eigenvalue weighted by molar-refractivity contribution is 0.489. The van der Waals surface area contributed by atoms with Crippen LogP contribution in [0.3, 0.4) is 0 Å². The number of hydrogen-bond acceptors (Lipinski definition) is 3. The molecule has 0 aromatic carbocycles. The first kappa shape index (κ1) is 13.8. The Hall–Kier alpha value is -0.240. The molecule has 16 heavy (non-hydrogen) atoms. The van der Waals surface area contributed by atoms with Crippen LogP contribution in [-0.4, -0.2) is 25.0 Å². The highest BCUT2D eigenvalue weighted by atomic mass is 32.2. The van der Waals surface area contributed by atoms with Crippen molar-refractivity contribution in [3.05, 3.63) is 0 Å². The Kier molecular flexibility index (Phi) is 4.28. The van der Waals surface area contributed by atoms with Crippen LogP contribution >= 0.6 is 12.2 Å². The number of nitrogens with two attached hydrogens (primary N) is 1. The minimum absolute atomic E-state index is 0.151. The molecule has 0 atom stereocenters. The third-order valence-electron chi connectivity index (χ3n) is 2.65. The molecule has 0 aromatic rings. The molecular weight excluding hydrogens is 246 g/mol. The predicted octanol–water partition coefficient (Wildman–Crippen LogP) is 0.418.